The molecule has 8 heteroatoms. The van der Waals surface area contributed by atoms with Gasteiger partial charge in [0.1, 0.15) is 0 Å². The number of anilines is 1. The molecule has 0 atom stereocenters. The van der Waals surface area contributed by atoms with Gasteiger partial charge in [0.15, 0.2) is 16.6 Å². The van der Waals surface area contributed by atoms with Crippen LogP contribution in [-0.2, 0) is 11.3 Å². The van der Waals surface area contributed by atoms with E-state index in [9.17, 15) is 0 Å². The van der Waals surface area contributed by atoms with Crippen molar-refractivity contribution in [1.29, 1.82) is 0 Å². The zero-order valence-corrected chi connectivity index (χ0v) is 19.0. The van der Waals surface area contributed by atoms with Crippen LogP contribution in [0.5, 0.6) is 11.5 Å². The minimum atomic E-state index is 0.657. The number of halogens is 1. The lowest BCUT2D eigenvalue weighted by Crippen LogP contribution is -2.43. The third-order valence-electron chi connectivity index (χ3n) is 4.99. The van der Waals surface area contributed by atoms with Gasteiger partial charge in [-0.3, -0.25) is 4.90 Å². The third kappa shape index (κ3) is 6.47. The monoisotopic (exact) mass is 449 g/mol. The Kier molecular flexibility index (Phi) is 8.57. The van der Waals surface area contributed by atoms with Gasteiger partial charge in [-0.15, -0.1) is 0 Å². The molecule has 3 rings (SSSR count). The smallest absolute Gasteiger partial charge is 0.173 e. The van der Waals surface area contributed by atoms with Gasteiger partial charge < -0.3 is 24.4 Å². The number of nitrogens with one attached hydrogen (secondary N) is 1. The molecule has 2 aromatic rings. The summed E-state index contributed by atoms with van der Waals surface area (Å²) >= 11 is 11.7. The predicted octanol–water partition coefficient (Wildman–Crippen LogP) is 3.89. The Hall–Kier alpha value is -2.06. The topological polar surface area (TPSA) is 46.2 Å². The number of ether oxygens (including phenoxy) is 3. The Morgan fingerprint density at radius 1 is 1.10 bits per heavy atom. The summed E-state index contributed by atoms with van der Waals surface area (Å²) in [6.45, 7) is 5.83. The van der Waals surface area contributed by atoms with Gasteiger partial charge in [-0.05, 0) is 54.2 Å². The maximum atomic E-state index is 6.00. The molecule has 1 fully saturated rings. The second-order valence-electron chi connectivity index (χ2n) is 7.00. The number of benzene rings is 2. The fourth-order valence-corrected chi connectivity index (χ4v) is 3.67. The Morgan fingerprint density at radius 2 is 1.80 bits per heavy atom. The second kappa shape index (κ2) is 11.4. The molecule has 0 saturated carbocycles. The summed E-state index contributed by atoms with van der Waals surface area (Å²) in [5.41, 5.74) is 2.00. The molecule has 162 valence electrons. The molecular formula is C22H28ClN3O3S. The van der Waals surface area contributed by atoms with Crippen molar-refractivity contribution in [2.75, 3.05) is 58.9 Å². The first-order valence-electron chi connectivity index (χ1n) is 9.91. The van der Waals surface area contributed by atoms with E-state index in [4.69, 9.17) is 38.0 Å². The standard InChI is InChI=1S/C22H28ClN3O3S/c1-27-20-8-3-17(15-21(20)28-2)16-26(10-9-25-11-13-29-14-12-25)22(30)24-19-6-4-18(23)5-7-19/h3-8,15H,9-14,16H2,1-2H3,(H,24,30). The number of thiocarbonyl (C=S) groups is 1. The zero-order chi connectivity index (χ0) is 21.3. The molecule has 2 aromatic carbocycles. The number of methoxy groups -OCH3 is 2. The van der Waals surface area contributed by atoms with E-state index >= 15 is 0 Å². The first-order chi connectivity index (χ1) is 14.6. The number of hydrogen-bond donors (Lipinski definition) is 1. The lowest BCUT2D eigenvalue weighted by Gasteiger charge is -2.31. The van der Waals surface area contributed by atoms with Crippen LogP contribution in [-0.4, -0.2) is 68.5 Å². The molecule has 0 aromatic heterocycles. The lowest BCUT2D eigenvalue weighted by molar-refractivity contribution is 0.0358. The van der Waals surface area contributed by atoms with Gasteiger partial charge in [0, 0.05) is 43.4 Å². The normalized spacial score (nSPS) is 14.2. The summed E-state index contributed by atoms with van der Waals surface area (Å²) in [7, 11) is 3.28. The van der Waals surface area contributed by atoms with E-state index in [0.29, 0.717) is 28.2 Å². The van der Waals surface area contributed by atoms with E-state index in [1.54, 1.807) is 14.2 Å². The van der Waals surface area contributed by atoms with Crippen LogP contribution in [0.15, 0.2) is 42.5 Å². The third-order valence-corrected chi connectivity index (χ3v) is 5.61. The second-order valence-corrected chi connectivity index (χ2v) is 7.83. The first kappa shape index (κ1) is 22.6. The average molecular weight is 450 g/mol. The molecule has 1 heterocycles. The van der Waals surface area contributed by atoms with Crippen molar-refractivity contribution in [1.82, 2.24) is 9.80 Å². The van der Waals surface area contributed by atoms with Crippen molar-refractivity contribution >= 4 is 34.6 Å². The number of morpholine rings is 1. The minimum absolute atomic E-state index is 0.657. The Labute approximate surface area is 188 Å². The zero-order valence-electron chi connectivity index (χ0n) is 17.4. The van der Waals surface area contributed by atoms with Crippen molar-refractivity contribution < 1.29 is 14.2 Å². The van der Waals surface area contributed by atoms with Crippen LogP contribution in [0.3, 0.4) is 0 Å². The summed E-state index contributed by atoms with van der Waals surface area (Å²) in [5, 5.41) is 4.69. The number of hydrogen-bond acceptors (Lipinski definition) is 5. The van der Waals surface area contributed by atoms with Gasteiger partial charge in [0.2, 0.25) is 0 Å². The van der Waals surface area contributed by atoms with Crippen LogP contribution in [0, 0.1) is 0 Å². The predicted molar refractivity (Wildman–Crippen MR) is 125 cm³/mol. The van der Waals surface area contributed by atoms with Crippen LogP contribution in [0.25, 0.3) is 0 Å². The van der Waals surface area contributed by atoms with Gasteiger partial charge in [-0.1, -0.05) is 17.7 Å². The Bertz CT molecular complexity index is 829. The molecule has 1 aliphatic rings. The first-order valence-corrected chi connectivity index (χ1v) is 10.7. The van der Waals surface area contributed by atoms with Gasteiger partial charge in [0.25, 0.3) is 0 Å². The van der Waals surface area contributed by atoms with E-state index in [1.165, 1.54) is 0 Å². The average Bonchev–Trinajstić information content (AvgIpc) is 2.78. The highest BCUT2D eigenvalue weighted by molar-refractivity contribution is 7.80. The van der Waals surface area contributed by atoms with Crippen molar-refractivity contribution in [3.05, 3.63) is 53.1 Å². The molecule has 30 heavy (non-hydrogen) atoms. The molecule has 0 spiro atoms. The Balaban J connectivity index is 1.72. The van der Waals surface area contributed by atoms with Crippen molar-refractivity contribution in [3.8, 4) is 11.5 Å². The van der Waals surface area contributed by atoms with Crippen LogP contribution in [0.4, 0.5) is 5.69 Å². The highest BCUT2D eigenvalue weighted by atomic mass is 35.5. The van der Waals surface area contributed by atoms with E-state index in [1.807, 2.05) is 42.5 Å². The maximum Gasteiger partial charge on any atom is 0.173 e. The molecule has 1 aliphatic heterocycles. The molecule has 1 saturated heterocycles. The molecule has 0 amide bonds. The Morgan fingerprint density at radius 3 is 2.47 bits per heavy atom. The SMILES string of the molecule is COc1ccc(CN(CCN2CCOCC2)C(=S)Nc2ccc(Cl)cc2)cc1OC. The highest BCUT2D eigenvalue weighted by Crippen LogP contribution is 2.28. The van der Waals surface area contributed by atoms with Gasteiger partial charge in [0.05, 0.1) is 27.4 Å². The van der Waals surface area contributed by atoms with Gasteiger partial charge >= 0.3 is 0 Å². The fourth-order valence-electron chi connectivity index (χ4n) is 3.27. The van der Waals surface area contributed by atoms with E-state index in [2.05, 4.69) is 15.1 Å². The molecule has 0 radical (unpaired) electrons. The van der Waals surface area contributed by atoms with Crippen LogP contribution < -0.4 is 14.8 Å². The van der Waals surface area contributed by atoms with Crippen LogP contribution >= 0.6 is 23.8 Å². The lowest BCUT2D eigenvalue weighted by atomic mass is 10.2. The molecule has 6 nitrogen and oxygen atoms in total. The highest BCUT2D eigenvalue weighted by Gasteiger charge is 2.16. The minimum Gasteiger partial charge on any atom is -0.493 e. The van der Waals surface area contributed by atoms with Crippen LogP contribution in [0.2, 0.25) is 5.02 Å². The molecular weight excluding hydrogens is 422 g/mol. The number of rotatable bonds is 8. The van der Waals surface area contributed by atoms with E-state index < -0.39 is 0 Å². The largest absolute Gasteiger partial charge is 0.493 e. The summed E-state index contributed by atoms with van der Waals surface area (Å²) in [6.07, 6.45) is 0. The van der Waals surface area contributed by atoms with Gasteiger partial charge in [-0.2, -0.15) is 0 Å². The summed E-state index contributed by atoms with van der Waals surface area (Å²) < 4.78 is 16.3. The van der Waals surface area contributed by atoms with Crippen LogP contribution in [0.1, 0.15) is 5.56 Å². The van der Waals surface area contributed by atoms with Crippen molar-refractivity contribution in [3.63, 3.8) is 0 Å². The molecule has 1 N–H and O–H groups in total. The fraction of sp³-hybridized carbons (Fsp3) is 0.409. The summed E-state index contributed by atoms with van der Waals surface area (Å²) in [4.78, 5) is 4.57. The summed E-state index contributed by atoms with van der Waals surface area (Å²) in [5.74, 6) is 1.42. The molecule has 0 aliphatic carbocycles. The molecule has 0 bridgehead atoms. The van der Waals surface area contributed by atoms with E-state index in [0.717, 1.165) is 50.6 Å². The number of nitrogens with zero attached hydrogens (tertiary/aromatic N) is 2. The molecule has 0 unspecified atom stereocenters. The van der Waals surface area contributed by atoms with Crippen molar-refractivity contribution in [2.24, 2.45) is 0 Å². The van der Waals surface area contributed by atoms with E-state index in [-0.39, 0.29) is 0 Å². The van der Waals surface area contributed by atoms with Crippen molar-refractivity contribution in [2.45, 2.75) is 6.54 Å². The van der Waals surface area contributed by atoms with Gasteiger partial charge in [-0.25, -0.2) is 0 Å². The summed E-state index contributed by atoms with van der Waals surface area (Å²) in [6, 6.07) is 13.5. The maximum absolute atomic E-state index is 6.00. The quantitative estimate of drug-likeness (QED) is 0.613.